The molecule has 7 heteroatoms. The van der Waals surface area contributed by atoms with Crippen LogP contribution in [0, 0.1) is 5.92 Å². The molecule has 138 valence electrons. The van der Waals surface area contributed by atoms with E-state index in [4.69, 9.17) is 0 Å². The van der Waals surface area contributed by atoms with Crippen molar-refractivity contribution in [1.29, 1.82) is 0 Å². The second-order valence-electron chi connectivity index (χ2n) is 7.06. The van der Waals surface area contributed by atoms with Gasteiger partial charge in [0.15, 0.2) is 0 Å². The van der Waals surface area contributed by atoms with E-state index in [1.54, 1.807) is 9.21 Å². The van der Waals surface area contributed by atoms with Crippen LogP contribution in [0.4, 0.5) is 0 Å². The number of benzene rings is 1. The molecule has 2 aliphatic heterocycles. The molecule has 2 heterocycles. The maximum Gasteiger partial charge on any atom is 0.282 e. The van der Waals surface area contributed by atoms with Gasteiger partial charge < -0.3 is 4.90 Å². The van der Waals surface area contributed by atoms with Crippen LogP contribution in [0.25, 0.3) is 0 Å². The van der Waals surface area contributed by atoms with Gasteiger partial charge in [-0.1, -0.05) is 37.3 Å². The first-order valence-electron chi connectivity index (χ1n) is 9.04. The van der Waals surface area contributed by atoms with Gasteiger partial charge in [0.05, 0.1) is 6.42 Å². The van der Waals surface area contributed by atoms with Crippen molar-refractivity contribution in [3.05, 3.63) is 35.9 Å². The molecule has 0 unspecified atom stereocenters. The fourth-order valence-corrected chi connectivity index (χ4v) is 5.32. The molecule has 0 aromatic heterocycles. The second kappa shape index (κ2) is 7.85. The number of rotatable bonds is 4. The third-order valence-corrected chi connectivity index (χ3v) is 7.06. The van der Waals surface area contributed by atoms with Crippen LogP contribution < -0.4 is 0 Å². The second-order valence-corrected chi connectivity index (χ2v) is 8.98. The van der Waals surface area contributed by atoms with E-state index in [2.05, 4.69) is 6.92 Å². The Labute approximate surface area is 150 Å². The third kappa shape index (κ3) is 4.40. The molecule has 25 heavy (non-hydrogen) atoms. The minimum absolute atomic E-state index is 0.0647. The molecule has 0 bridgehead atoms. The van der Waals surface area contributed by atoms with E-state index in [1.807, 2.05) is 30.3 Å². The third-order valence-electron chi connectivity index (χ3n) is 5.06. The van der Waals surface area contributed by atoms with Crippen LogP contribution in [-0.2, 0) is 21.4 Å². The highest BCUT2D eigenvalue weighted by Gasteiger charge is 2.35. The molecule has 2 aliphatic rings. The van der Waals surface area contributed by atoms with Gasteiger partial charge in [0.2, 0.25) is 5.91 Å². The van der Waals surface area contributed by atoms with Crippen molar-refractivity contribution in [3.63, 3.8) is 0 Å². The lowest BCUT2D eigenvalue weighted by Gasteiger charge is -2.38. The molecule has 0 spiro atoms. The zero-order valence-corrected chi connectivity index (χ0v) is 15.6. The van der Waals surface area contributed by atoms with Gasteiger partial charge in [0.1, 0.15) is 0 Å². The number of carbonyl (C=O) groups excluding carboxylic acids is 1. The molecule has 1 aromatic carbocycles. The van der Waals surface area contributed by atoms with Gasteiger partial charge in [0.25, 0.3) is 10.2 Å². The van der Waals surface area contributed by atoms with E-state index in [0.717, 1.165) is 18.4 Å². The van der Waals surface area contributed by atoms with E-state index in [0.29, 0.717) is 51.6 Å². The molecular formula is C18H27N3O3S. The Kier molecular flexibility index (Phi) is 5.76. The average Bonchev–Trinajstić information content (AvgIpc) is 2.62. The molecule has 0 N–H and O–H groups in total. The quantitative estimate of drug-likeness (QED) is 0.809. The van der Waals surface area contributed by atoms with E-state index in [-0.39, 0.29) is 5.91 Å². The highest BCUT2D eigenvalue weighted by molar-refractivity contribution is 7.86. The lowest BCUT2D eigenvalue weighted by molar-refractivity contribution is -0.131. The maximum atomic E-state index is 12.8. The van der Waals surface area contributed by atoms with E-state index >= 15 is 0 Å². The van der Waals surface area contributed by atoms with E-state index < -0.39 is 10.2 Å². The predicted octanol–water partition coefficient (Wildman–Crippen LogP) is 1.35. The molecule has 0 aliphatic carbocycles. The summed E-state index contributed by atoms with van der Waals surface area (Å²) < 4.78 is 28.8. The summed E-state index contributed by atoms with van der Waals surface area (Å²) in [6.45, 7) is 5.02. The summed E-state index contributed by atoms with van der Waals surface area (Å²) in [5.41, 5.74) is 0.991. The van der Waals surface area contributed by atoms with Crippen molar-refractivity contribution >= 4 is 16.1 Å². The molecule has 2 fully saturated rings. The van der Waals surface area contributed by atoms with Gasteiger partial charge in [0, 0.05) is 39.3 Å². The summed E-state index contributed by atoms with van der Waals surface area (Å²) in [5, 5.41) is 0. The maximum absolute atomic E-state index is 12.8. The Morgan fingerprint density at radius 1 is 1.04 bits per heavy atom. The summed E-state index contributed by atoms with van der Waals surface area (Å²) in [6, 6.07) is 9.66. The Hall–Kier alpha value is -1.44. The van der Waals surface area contributed by atoms with Gasteiger partial charge in [-0.25, -0.2) is 0 Å². The number of piperazine rings is 1. The van der Waals surface area contributed by atoms with Crippen LogP contribution in [0.5, 0.6) is 0 Å². The number of amides is 1. The standard InChI is InChI=1S/C18H27N3O3S/c1-16-6-5-9-21(15-16)25(23,24)20-12-10-19(11-13-20)18(22)14-17-7-3-2-4-8-17/h2-4,7-8,16H,5-6,9-15H2,1H3/t16-/m0/s1. The predicted molar refractivity (Wildman–Crippen MR) is 97.2 cm³/mol. The van der Waals surface area contributed by atoms with Crippen molar-refractivity contribution in [2.75, 3.05) is 39.3 Å². The van der Waals surface area contributed by atoms with Crippen molar-refractivity contribution < 1.29 is 13.2 Å². The SMILES string of the molecule is C[C@H]1CCCN(S(=O)(=O)N2CCN(C(=O)Cc3ccccc3)CC2)C1. The van der Waals surface area contributed by atoms with Gasteiger partial charge in [-0.2, -0.15) is 17.0 Å². The fraction of sp³-hybridized carbons (Fsp3) is 0.611. The number of hydrogen-bond donors (Lipinski definition) is 0. The minimum atomic E-state index is -3.40. The first kappa shape index (κ1) is 18.4. The summed E-state index contributed by atoms with van der Waals surface area (Å²) >= 11 is 0. The Morgan fingerprint density at radius 2 is 1.72 bits per heavy atom. The van der Waals surface area contributed by atoms with Crippen LogP contribution in [0.15, 0.2) is 30.3 Å². The summed E-state index contributed by atoms with van der Waals surface area (Å²) in [4.78, 5) is 14.2. The topological polar surface area (TPSA) is 60.9 Å². The fourth-order valence-electron chi connectivity index (χ4n) is 3.57. The molecular weight excluding hydrogens is 338 g/mol. The average molecular weight is 365 g/mol. The largest absolute Gasteiger partial charge is 0.340 e. The Bertz CT molecular complexity index is 685. The minimum Gasteiger partial charge on any atom is -0.340 e. The smallest absolute Gasteiger partial charge is 0.282 e. The Balaban J connectivity index is 1.55. The molecule has 3 rings (SSSR count). The molecule has 6 nitrogen and oxygen atoms in total. The van der Waals surface area contributed by atoms with Crippen molar-refractivity contribution in [3.8, 4) is 0 Å². The normalized spacial score (nSPS) is 23.6. The molecule has 1 aromatic rings. The monoisotopic (exact) mass is 365 g/mol. The Morgan fingerprint density at radius 3 is 2.36 bits per heavy atom. The number of hydrogen-bond acceptors (Lipinski definition) is 3. The first-order chi connectivity index (χ1) is 12.0. The van der Waals surface area contributed by atoms with Crippen molar-refractivity contribution in [2.45, 2.75) is 26.2 Å². The van der Waals surface area contributed by atoms with Crippen LogP contribution in [0.3, 0.4) is 0 Å². The summed E-state index contributed by atoms with van der Waals surface area (Å²) in [7, 11) is -3.40. The van der Waals surface area contributed by atoms with Gasteiger partial charge in [-0.15, -0.1) is 0 Å². The van der Waals surface area contributed by atoms with Gasteiger partial charge in [-0.05, 0) is 24.3 Å². The van der Waals surface area contributed by atoms with Gasteiger partial charge >= 0.3 is 0 Å². The molecule has 0 saturated carbocycles. The lowest BCUT2D eigenvalue weighted by Crippen LogP contribution is -2.55. The number of carbonyl (C=O) groups is 1. The van der Waals surface area contributed by atoms with E-state index in [1.165, 1.54) is 4.31 Å². The summed E-state index contributed by atoms with van der Waals surface area (Å²) in [6.07, 6.45) is 2.39. The molecule has 0 radical (unpaired) electrons. The van der Waals surface area contributed by atoms with E-state index in [9.17, 15) is 13.2 Å². The van der Waals surface area contributed by atoms with Crippen molar-refractivity contribution in [2.24, 2.45) is 5.92 Å². The molecule has 1 atom stereocenters. The summed E-state index contributed by atoms with van der Waals surface area (Å²) in [5.74, 6) is 0.479. The molecule has 2 saturated heterocycles. The van der Waals surface area contributed by atoms with Gasteiger partial charge in [-0.3, -0.25) is 4.79 Å². The highest BCUT2D eigenvalue weighted by atomic mass is 32.2. The highest BCUT2D eigenvalue weighted by Crippen LogP contribution is 2.21. The zero-order valence-electron chi connectivity index (χ0n) is 14.8. The zero-order chi connectivity index (χ0) is 17.9. The lowest BCUT2D eigenvalue weighted by atomic mass is 10.0. The van der Waals surface area contributed by atoms with Crippen LogP contribution in [-0.4, -0.2) is 67.1 Å². The number of nitrogens with zero attached hydrogens (tertiary/aromatic N) is 3. The van der Waals surface area contributed by atoms with Crippen molar-refractivity contribution in [1.82, 2.24) is 13.5 Å². The molecule has 1 amide bonds. The van der Waals surface area contributed by atoms with Crippen LogP contribution >= 0.6 is 0 Å². The van der Waals surface area contributed by atoms with Crippen LogP contribution in [0.1, 0.15) is 25.3 Å². The first-order valence-corrected chi connectivity index (χ1v) is 10.4. The van der Waals surface area contributed by atoms with Crippen LogP contribution in [0.2, 0.25) is 0 Å². The number of piperidine rings is 1.